The molecule has 110 valence electrons. The summed E-state index contributed by atoms with van der Waals surface area (Å²) in [5.74, 6) is 0.912. The second-order valence-electron chi connectivity index (χ2n) is 6.05. The highest BCUT2D eigenvalue weighted by atomic mass is 16.3. The number of rotatable bonds is 3. The van der Waals surface area contributed by atoms with Crippen molar-refractivity contribution in [2.75, 3.05) is 5.32 Å². The van der Waals surface area contributed by atoms with Gasteiger partial charge >= 0.3 is 0 Å². The van der Waals surface area contributed by atoms with Crippen LogP contribution in [0.4, 0.5) is 5.69 Å². The maximum absolute atomic E-state index is 9.55. The molecule has 1 aliphatic rings. The first kappa shape index (κ1) is 14.0. The number of benzene rings is 2. The Labute approximate surface area is 126 Å². The minimum absolute atomic E-state index is 0.335. The summed E-state index contributed by atoms with van der Waals surface area (Å²) in [5, 5.41) is 13.3. The average molecular weight is 281 g/mol. The fraction of sp³-hybridized carbons (Fsp3) is 0.368. The van der Waals surface area contributed by atoms with Crippen molar-refractivity contribution < 1.29 is 5.11 Å². The minimum atomic E-state index is 0.335. The van der Waals surface area contributed by atoms with Crippen LogP contribution < -0.4 is 5.32 Å². The van der Waals surface area contributed by atoms with Gasteiger partial charge in [0.2, 0.25) is 0 Å². The van der Waals surface area contributed by atoms with Gasteiger partial charge in [-0.25, -0.2) is 0 Å². The van der Waals surface area contributed by atoms with Crippen LogP contribution in [0.25, 0.3) is 0 Å². The molecule has 21 heavy (non-hydrogen) atoms. The summed E-state index contributed by atoms with van der Waals surface area (Å²) >= 11 is 0. The molecule has 0 spiro atoms. The summed E-state index contributed by atoms with van der Waals surface area (Å²) in [5.41, 5.74) is 3.68. The maximum Gasteiger partial charge on any atom is 0.115 e. The van der Waals surface area contributed by atoms with E-state index in [9.17, 15) is 5.11 Å². The molecule has 1 fully saturated rings. The normalized spacial score (nSPS) is 22.0. The van der Waals surface area contributed by atoms with E-state index in [1.165, 1.54) is 31.2 Å². The lowest BCUT2D eigenvalue weighted by molar-refractivity contribution is 0.405. The molecule has 0 aliphatic heterocycles. The van der Waals surface area contributed by atoms with E-state index in [1.807, 2.05) is 19.1 Å². The summed E-state index contributed by atoms with van der Waals surface area (Å²) in [4.78, 5) is 0. The third-order valence-electron chi connectivity index (χ3n) is 4.54. The molecule has 2 unspecified atom stereocenters. The zero-order chi connectivity index (χ0) is 14.7. The highest BCUT2D eigenvalue weighted by Crippen LogP contribution is 2.35. The Morgan fingerprint density at radius 1 is 1.00 bits per heavy atom. The van der Waals surface area contributed by atoms with Gasteiger partial charge in [-0.2, -0.15) is 0 Å². The topological polar surface area (TPSA) is 32.3 Å². The quantitative estimate of drug-likeness (QED) is 0.789. The number of phenolic OH excluding ortho intramolecular Hbond substituents is 1. The predicted octanol–water partition coefficient (Wildman–Crippen LogP) is 4.84. The van der Waals surface area contributed by atoms with Crippen molar-refractivity contribution in [3.63, 3.8) is 0 Å². The fourth-order valence-corrected chi connectivity index (χ4v) is 3.41. The summed E-state index contributed by atoms with van der Waals surface area (Å²) in [7, 11) is 0. The number of aromatic hydroxyl groups is 1. The molecule has 3 rings (SSSR count). The SMILES string of the molecule is Cc1cc(O)ccc1NC1CCCCC1c1ccccc1. The van der Waals surface area contributed by atoms with Gasteiger partial charge in [0.1, 0.15) is 5.75 Å². The van der Waals surface area contributed by atoms with E-state index in [1.54, 1.807) is 6.07 Å². The predicted molar refractivity (Wildman–Crippen MR) is 87.9 cm³/mol. The van der Waals surface area contributed by atoms with Crippen LogP contribution in [0.5, 0.6) is 5.75 Å². The Morgan fingerprint density at radius 3 is 2.52 bits per heavy atom. The number of anilines is 1. The van der Waals surface area contributed by atoms with Crippen LogP contribution in [0.2, 0.25) is 0 Å². The monoisotopic (exact) mass is 281 g/mol. The average Bonchev–Trinajstić information content (AvgIpc) is 2.51. The van der Waals surface area contributed by atoms with Crippen LogP contribution in [0.3, 0.4) is 0 Å². The van der Waals surface area contributed by atoms with E-state index >= 15 is 0 Å². The van der Waals surface area contributed by atoms with Gasteiger partial charge in [-0.1, -0.05) is 43.2 Å². The Morgan fingerprint density at radius 2 is 1.76 bits per heavy atom. The Kier molecular flexibility index (Phi) is 4.14. The van der Waals surface area contributed by atoms with Gasteiger partial charge in [0, 0.05) is 17.6 Å². The number of hydrogen-bond acceptors (Lipinski definition) is 2. The molecule has 2 aromatic rings. The summed E-state index contributed by atoms with van der Waals surface area (Å²) in [6, 6.07) is 16.9. The van der Waals surface area contributed by atoms with Crippen molar-refractivity contribution in [2.45, 2.75) is 44.6 Å². The van der Waals surface area contributed by atoms with Crippen LogP contribution in [0.15, 0.2) is 48.5 Å². The van der Waals surface area contributed by atoms with Crippen molar-refractivity contribution in [3.8, 4) is 5.75 Å². The summed E-state index contributed by atoms with van der Waals surface area (Å²) < 4.78 is 0. The molecule has 2 atom stereocenters. The second-order valence-corrected chi connectivity index (χ2v) is 6.05. The van der Waals surface area contributed by atoms with Gasteiger partial charge in [0.25, 0.3) is 0 Å². The van der Waals surface area contributed by atoms with Crippen molar-refractivity contribution in [1.82, 2.24) is 0 Å². The number of hydrogen-bond donors (Lipinski definition) is 2. The lowest BCUT2D eigenvalue weighted by Crippen LogP contribution is -2.30. The maximum atomic E-state index is 9.55. The molecule has 0 saturated heterocycles. The van der Waals surface area contributed by atoms with E-state index in [0.29, 0.717) is 17.7 Å². The van der Waals surface area contributed by atoms with Gasteiger partial charge in [0.05, 0.1) is 0 Å². The third-order valence-corrected chi connectivity index (χ3v) is 4.54. The van der Waals surface area contributed by atoms with Crippen LogP contribution in [0.1, 0.15) is 42.7 Å². The Balaban J connectivity index is 1.81. The highest BCUT2D eigenvalue weighted by Gasteiger charge is 2.26. The molecule has 0 radical (unpaired) electrons. The highest BCUT2D eigenvalue weighted by molar-refractivity contribution is 5.54. The standard InChI is InChI=1S/C19H23NO/c1-14-13-16(21)11-12-18(14)20-19-10-6-5-9-17(19)15-7-3-2-4-8-15/h2-4,7-8,11-13,17,19-21H,5-6,9-10H2,1H3. The van der Waals surface area contributed by atoms with Gasteiger partial charge in [-0.15, -0.1) is 0 Å². The van der Waals surface area contributed by atoms with Crippen LogP contribution in [0, 0.1) is 6.92 Å². The molecule has 0 amide bonds. The first-order valence-electron chi connectivity index (χ1n) is 7.85. The van der Waals surface area contributed by atoms with Gasteiger partial charge in [-0.3, -0.25) is 0 Å². The molecule has 0 heterocycles. The van der Waals surface area contributed by atoms with E-state index in [2.05, 4.69) is 35.6 Å². The number of nitrogens with one attached hydrogen (secondary N) is 1. The fourth-order valence-electron chi connectivity index (χ4n) is 3.41. The Bertz CT molecular complexity index is 594. The number of aryl methyl sites for hydroxylation is 1. The molecule has 0 aromatic heterocycles. The zero-order valence-corrected chi connectivity index (χ0v) is 12.5. The van der Waals surface area contributed by atoms with Crippen LogP contribution >= 0.6 is 0 Å². The van der Waals surface area contributed by atoms with Crippen LogP contribution in [-0.4, -0.2) is 11.1 Å². The van der Waals surface area contributed by atoms with E-state index in [4.69, 9.17) is 0 Å². The van der Waals surface area contributed by atoms with Crippen molar-refractivity contribution in [2.24, 2.45) is 0 Å². The largest absolute Gasteiger partial charge is 0.508 e. The smallest absolute Gasteiger partial charge is 0.115 e. The molecule has 2 nitrogen and oxygen atoms in total. The van der Waals surface area contributed by atoms with E-state index < -0.39 is 0 Å². The zero-order valence-electron chi connectivity index (χ0n) is 12.5. The first-order chi connectivity index (χ1) is 10.2. The second kappa shape index (κ2) is 6.21. The van der Waals surface area contributed by atoms with E-state index in [-0.39, 0.29) is 0 Å². The summed E-state index contributed by atoms with van der Waals surface area (Å²) in [6.07, 6.45) is 5.06. The molecule has 0 bridgehead atoms. The molecule has 1 saturated carbocycles. The van der Waals surface area contributed by atoms with Gasteiger partial charge in [0.15, 0.2) is 0 Å². The molecule has 1 aliphatic carbocycles. The number of phenols is 1. The molecule has 2 aromatic carbocycles. The molecular weight excluding hydrogens is 258 g/mol. The lowest BCUT2D eigenvalue weighted by Gasteiger charge is -2.33. The molecular formula is C19H23NO. The van der Waals surface area contributed by atoms with Gasteiger partial charge < -0.3 is 10.4 Å². The Hall–Kier alpha value is -1.96. The van der Waals surface area contributed by atoms with Crippen molar-refractivity contribution in [3.05, 3.63) is 59.7 Å². The van der Waals surface area contributed by atoms with Crippen molar-refractivity contribution in [1.29, 1.82) is 0 Å². The summed E-state index contributed by atoms with van der Waals surface area (Å²) in [6.45, 7) is 2.04. The molecule has 2 heteroatoms. The third kappa shape index (κ3) is 3.21. The van der Waals surface area contributed by atoms with Crippen molar-refractivity contribution >= 4 is 5.69 Å². The first-order valence-corrected chi connectivity index (χ1v) is 7.85. The van der Waals surface area contributed by atoms with E-state index in [0.717, 1.165) is 11.3 Å². The van der Waals surface area contributed by atoms with Crippen LogP contribution in [-0.2, 0) is 0 Å². The minimum Gasteiger partial charge on any atom is -0.508 e. The lowest BCUT2D eigenvalue weighted by atomic mass is 9.80. The molecule has 2 N–H and O–H groups in total. The van der Waals surface area contributed by atoms with Gasteiger partial charge in [-0.05, 0) is 49.1 Å².